The van der Waals surface area contributed by atoms with Crippen LogP contribution in [0.4, 0.5) is 4.79 Å². The van der Waals surface area contributed by atoms with Gasteiger partial charge in [0.05, 0.1) is 24.2 Å². The zero-order valence-electron chi connectivity index (χ0n) is 22.6. The van der Waals surface area contributed by atoms with E-state index >= 15 is 0 Å². The van der Waals surface area contributed by atoms with Crippen LogP contribution >= 0.6 is 0 Å². The number of nitrogens with one attached hydrogen (secondary N) is 2. The number of sulfonamides is 1. The van der Waals surface area contributed by atoms with Crippen LogP contribution in [0, 0.1) is 11.3 Å². The number of hydrogen-bond donors (Lipinski definition) is 2. The van der Waals surface area contributed by atoms with E-state index in [0.717, 1.165) is 22.3 Å². The molecule has 0 saturated carbocycles. The van der Waals surface area contributed by atoms with E-state index in [-0.39, 0.29) is 32.5 Å². The minimum atomic E-state index is -3.41. The first-order valence-electron chi connectivity index (χ1n) is 12.8. The molecule has 4 rings (SSSR count). The van der Waals surface area contributed by atoms with E-state index in [2.05, 4.69) is 16.7 Å². The maximum Gasteiger partial charge on any atom is 0.408 e. The van der Waals surface area contributed by atoms with Crippen LogP contribution < -0.4 is 10.6 Å². The standard InChI is InChI=1S/C28H34N4O6S/c1-27(2,3)31-26(34)38-28(11-13-37-14-12-28)25(33)30-23(17-29)15-19-5-7-20(8-6-19)21-9-10-24-22(16-21)18-32(4)39(24,35)36/h5-10,16,23H,11-15,18H2,1-4H3,(H,30,33)(H,31,34)/t23-/m0/s1. The fraction of sp³-hybridized carbons (Fsp3) is 0.464. The Hall–Kier alpha value is -3.46. The van der Waals surface area contributed by atoms with Crippen LogP contribution in [0.15, 0.2) is 47.4 Å². The van der Waals surface area contributed by atoms with Crippen molar-refractivity contribution in [2.24, 2.45) is 0 Å². The summed E-state index contributed by atoms with van der Waals surface area (Å²) in [6, 6.07) is 14.2. The van der Waals surface area contributed by atoms with Gasteiger partial charge in [-0.1, -0.05) is 30.3 Å². The molecule has 1 saturated heterocycles. The van der Waals surface area contributed by atoms with Crippen molar-refractivity contribution in [3.8, 4) is 17.2 Å². The van der Waals surface area contributed by atoms with Crippen LogP contribution in [-0.4, -0.2) is 62.2 Å². The number of carbonyl (C=O) groups is 2. The van der Waals surface area contributed by atoms with E-state index in [4.69, 9.17) is 9.47 Å². The second-order valence-electron chi connectivity index (χ2n) is 11.0. The highest BCUT2D eigenvalue weighted by molar-refractivity contribution is 7.89. The number of nitrogens with zero attached hydrogens (tertiary/aromatic N) is 2. The van der Waals surface area contributed by atoms with E-state index in [1.165, 1.54) is 4.31 Å². The van der Waals surface area contributed by atoms with E-state index in [0.29, 0.717) is 11.4 Å². The Morgan fingerprint density at radius 2 is 1.77 bits per heavy atom. The van der Waals surface area contributed by atoms with Crippen LogP contribution in [0.1, 0.15) is 44.7 Å². The highest BCUT2D eigenvalue weighted by Gasteiger charge is 2.45. The number of fused-ring (bicyclic) bond motifs is 1. The van der Waals surface area contributed by atoms with Crippen molar-refractivity contribution >= 4 is 22.0 Å². The third-order valence-electron chi connectivity index (χ3n) is 6.81. The first-order chi connectivity index (χ1) is 18.3. The van der Waals surface area contributed by atoms with Crippen molar-refractivity contribution in [3.63, 3.8) is 0 Å². The first kappa shape index (κ1) is 28.5. The van der Waals surface area contributed by atoms with E-state index < -0.39 is 39.2 Å². The van der Waals surface area contributed by atoms with E-state index in [1.807, 2.05) is 51.1 Å². The smallest absolute Gasteiger partial charge is 0.408 e. The fourth-order valence-corrected chi connectivity index (χ4v) is 6.04. The topological polar surface area (TPSA) is 138 Å². The van der Waals surface area contributed by atoms with Gasteiger partial charge in [0, 0.05) is 38.4 Å². The lowest BCUT2D eigenvalue weighted by Crippen LogP contribution is -2.57. The summed E-state index contributed by atoms with van der Waals surface area (Å²) in [6.45, 7) is 6.31. The molecule has 2 amide bonds. The summed E-state index contributed by atoms with van der Waals surface area (Å²) < 4.78 is 37.0. The van der Waals surface area contributed by atoms with Gasteiger partial charge < -0.3 is 20.1 Å². The molecule has 0 spiro atoms. The van der Waals surface area contributed by atoms with Gasteiger partial charge in [0.1, 0.15) is 6.04 Å². The minimum Gasteiger partial charge on any atom is -0.433 e. The van der Waals surface area contributed by atoms with Crippen molar-refractivity contribution in [1.29, 1.82) is 5.26 Å². The van der Waals surface area contributed by atoms with Gasteiger partial charge in [0.2, 0.25) is 10.0 Å². The highest BCUT2D eigenvalue weighted by atomic mass is 32.2. The minimum absolute atomic E-state index is 0.196. The average molecular weight is 555 g/mol. The maximum atomic E-state index is 13.3. The largest absolute Gasteiger partial charge is 0.433 e. The molecule has 0 aromatic heterocycles. The second-order valence-corrected chi connectivity index (χ2v) is 13.0. The lowest BCUT2D eigenvalue weighted by molar-refractivity contribution is -0.150. The molecule has 0 unspecified atom stereocenters. The zero-order chi connectivity index (χ0) is 28.4. The molecule has 11 heteroatoms. The monoisotopic (exact) mass is 554 g/mol. The lowest BCUT2D eigenvalue weighted by atomic mass is 9.92. The molecule has 1 fully saturated rings. The molecule has 2 aliphatic heterocycles. The molecule has 1 atom stereocenters. The molecule has 2 aromatic rings. The van der Waals surface area contributed by atoms with Crippen molar-refractivity contribution in [2.45, 2.75) is 68.7 Å². The van der Waals surface area contributed by atoms with Crippen LogP contribution in [0.3, 0.4) is 0 Å². The molecular weight excluding hydrogens is 520 g/mol. The second kappa shape index (κ2) is 11.0. The number of nitriles is 1. The van der Waals surface area contributed by atoms with Crippen LogP contribution in [0.25, 0.3) is 11.1 Å². The van der Waals surface area contributed by atoms with E-state index in [9.17, 15) is 23.3 Å². The van der Waals surface area contributed by atoms with Gasteiger partial charge in [-0.2, -0.15) is 9.57 Å². The van der Waals surface area contributed by atoms with Gasteiger partial charge in [-0.3, -0.25) is 4.79 Å². The van der Waals surface area contributed by atoms with Gasteiger partial charge in [-0.15, -0.1) is 0 Å². The molecule has 39 heavy (non-hydrogen) atoms. The molecule has 2 heterocycles. The van der Waals surface area contributed by atoms with Crippen LogP contribution in [-0.2, 0) is 37.3 Å². The van der Waals surface area contributed by atoms with Gasteiger partial charge in [0.25, 0.3) is 5.91 Å². The fourth-order valence-electron chi connectivity index (χ4n) is 4.70. The molecule has 0 aliphatic carbocycles. The number of amides is 2. The number of rotatable bonds is 6. The molecule has 2 aliphatic rings. The molecule has 10 nitrogen and oxygen atoms in total. The Bertz CT molecular complexity index is 1390. The number of ether oxygens (including phenoxy) is 2. The summed E-state index contributed by atoms with van der Waals surface area (Å²) in [5.41, 5.74) is 1.44. The highest BCUT2D eigenvalue weighted by Crippen LogP contribution is 2.33. The number of carbonyl (C=O) groups excluding carboxylic acids is 2. The van der Waals surface area contributed by atoms with Crippen molar-refractivity contribution in [1.82, 2.24) is 14.9 Å². The molecule has 0 radical (unpaired) electrons. The Labute approximate surface area is 229 Å². The van der Waals surface area contributed by atoms with Crippen molar-refractivity contribution in [3.05, 3.63) is 53.6 Å². The lowest BCUT2D eigenvalue weighted by Gasteiger charge is -2.36. The Morgan fingerprint density at radius 3 is 2.38 bits per heavy atom. The molecule has 2 N–H and O–H groups in total. The third-order valence-corrected chi connectivity index (χ3v) is 8.71. The van der Waals surface area contributed by atoms with Crippen molar-refractivity contribution < 1.29 is 27.5 Å². The summed E-state index contributed by atoms with van der Waals surface area (Å²) in [5.74, 6) is -0.518. The Morgan fingerprint density at radius 1 is 1.13 bits per heavy atom. The Kier molecular flexibility index (Phi) is 8.02. The molecular formula is C28H34N4O6S. The first-order valence-corrected chi connectivity index (χ1v) is 14.3. The summed E-state index contributed by atoms with van der Waals surface area (Å²) in [6.07, 6.45) is -0.0434. The predicted octanol–water partition coefficient (Wildman–Crippen LogP) is 3.11. The van der Waals surface area contributed by atoms with Crippen LogP contribution in [0.2, 0.25) is 0 Å². The van der Waals surface area contributed by atoms with Gasteiger partial charge in [-0.05, 0) is 55.2 Å². The third kappa shape index (κ3) is 6.41. The van der Waals surface area contributed by atoms with E-state index in [1.54, 1.807) is 19.2 Å². The van der Waals surface area contributed by atoms with Gasteiger partial charge in [0.15, 0.2) is 5.60 Å². The average Bonchev–Trinajstić information content (AvgIpc) is 3.10. The predicted molar refractivity (Wildman–Crippen MR) is 144 cm³/mol. The van der Waals surface area contributed by atoms with Gasteiger partial charge in [-0.25, -0.2) is 13.2 Å². The molecule has 2 aromatic carbocycles. The quantitative estimate of drug-likeness (QED) is 0.560. The summed E-state index contributed by atoms with van der Waals surface area (Å²) in [4.78, 5) is 26.1. The normalized spacial score (nSPS) is 18.8. The number of benzene rings is 2. The Balaban J connectivity index is 1.44. The number of alkyl carbamates (subject to hydrolysis) is 1. The zero-order valence-corrected chi connectivity index (χ0v) is 23.4. The maximum absolute atomic E-state index is 13.3. The van der Waals surface area contributed by atoms with Crippen molar-refractivity contribution in [2.75, 3.05) is 20.3 Å². The molecule has 208 valence electrons. The van der Waals surface area contributed by atoms with Gasteiger partial charge >= 0.3 is 6.09 Å². The summed E-state index contributed by atoms with van der Waals surface area (Å²) in [5, 5.41) is 15.2. The molecule has 0 bridgehead atoms. The van der Waals surface area contributed by atoms with Crippen LogP contribution in [0.5, 0.6) is 0 Å². The summed E-state index contributed by atoms with van der Waals surface area (Å²) in [7, 11) is -1.85. The number of hydrogen-bond acceptors (Lipinski definition) is 7. The SMILES string of the molecule is CN1Cc2cc(-c3ccc(C[C@@H](C#N)NC(=O)C4(OC(=O)NC(C)(C)C)CCOCC4)cc3)ccc2S1(=O)=O. The summed E-state index contributed by atoms with van der Waals surface area (Å²) >= 11 is 0.